The molecule has 0 aliphatic rings. The van der Waals surface area contributed by atoms with E-state index in [1.165, 1.54) is 6.26 Å². The topological polar surface area (TPSA) is 93.2 Å². The Morgan fingerprint density at radius 3 is 2.28 bits per heavy atom. The Kier molecular flexibility index (Phi) is 8.15. The summed E-state index contributed by atoms with van der Waals surface area (Å²) in [7, 11) is -2.96. The number of hydrogen-bond acceptors (Lipinski definition) is 7. The first-order chi connectivity index (χ1) is 18.9. The average molecular weight is 539 g/mol. The molecule has 0 saturated carbocycles. The molecule has 0 amide bonds. The van der Waals surface area contributed by atoms with Gasteiger partial charge in [-0.25, -0.2) is 18.4 Å². The van der Waals surface area contributed by atoms with E-state index in [0.717, 1.165) is 50.4 Å². The zero-order valence-electron chi connectivity index (χ0n) is 21.7. The maximum absolute atomic E-state index is 11.3. The molecule has 0 aliphatic carbocycles. The zero-order chi connectivity index (χ0) is 27.1. The van der Waals surface area contributed by atoms with Gasteiger partial charge in [-0.3, -0.25) is 0 Å². The van der Waals surface area contributed by atoms with Crippen molar-refractivity contribution in [3.63, 3.8) is 0 Å². The molecule has 0 spiro atoms. The maximum Gasteiger partial charge on any atom is 0.148 e. The molecule has 8 heteroatoms. The quantitative estimate of drug-likeness (QED) is 0.207. The van der Waals surface area contributed by atoms with Crippen LogP contribution in [0.25, 0.3) is 22.0 Å². The van der Waals surface area contributed by atoms with Crippen molar-refractivity contribution in [1.29, 1.82) is 0 Å². The Morgan fingerprint density at radius 1 is 0.795 bits per heavy atom. The van der Waals surface area contributed by atoms with Crippen LogP contribution < -0.4 is 15.4 Å². The van der Waals surface area contributed by atoms with Gasteiger partial charge >= 0.3 is 0 Å². The summed E-state index contributed by atoms with van der Waals surface area (Å²) in [5, 5.41) is 7.52. The fourth-order valence-electron chi connectivity index (χ4n) is 4.15. The van der Waals surface area contributed by atoms with Crippen molar-refractivity contribution in [2.45, 2.75) is 13.2 Å². The van der Waals surface area contributed by atoms with Gasteiger partial charge in [-0.15, -0.1) is 0 Å². The Labute approximate surface area is 228 Å². The van der Waals surface area contributed by atoms with Crippen molar-refractivity contribution in [3.8, 4) is 16.9 Å². The van der Waals surface area contributed by atoms with Crippen LogP contribution in [0, 0.1) is 0 Å². The molecule has 198 valence electrons. The summed E-state index contributed by atoms with van der Waals surface area (Å²) in [5.41, 5.74) is 6.10. The van der Waals surface area contributed by atoms with Gasteiger partial charge in [-0.05, 0) is 58.7 Å². The number of sulfone groups is 1. The molecular weight excluding hydrogens is 508 g/mol. The van der Waals surface area contributed by atoms with Crippen molar-refractivity contribution in [3.05, 3.63) is 115 Å². The summed E-state index contributed by atoms with van der Waals surface area (Å²) < 4.78 is 28.5. The molecule has 2 N–H and O–H groups in total. The third kappa shape index (κ3) is 7.40. The van der Waals surface area contributed by atoms with Crippen LogP contribution in [-0.2, 0) is 23.0 Å². The Bertz CT molecular complexity index is 1640. The molecular formula is C31H30N4O3S. The van der Waals surface area contributed by atoms with E-state index >= 15 is 0 Å². The van der Waals surface area contributed by atoms with Crippen LogP contribution in [0.3, 0.4) is 0 Å². The standard InChI is InChI=1S/C31H30N4O3S/c1-39(36,37)18-17-32-20-23-7-9-25(10-8-23)26-11-16-30-29(19-26)31(34-22-33-30)35-27-12-14-28(15-13-27)38-21-24-5-3-2-4-6-24/h2-16,19,22,32H,17-18,20-21H2,1H3,(H,33,34,35). The Morgan fingerprint density at radius 2 is 1.54 bits per heavy atom. The highest BCUT2D eigenvalue weighted by molar-refractivity contribution is 7.90. The summed E-state index contributed by atoms with van der Waals surface area (Å²) in [6.45, 7) is 1.57. The van der Waals surface area contributed by atoms with Crippen LogP contribution >= 0.6 is 0 Å². The first kappa shape index (κ1) is 26.3. The molecule has 5 aromatic rings. The maximum atomic E-state index is 11.3. The first-order valence-electron chi connectivity index (χ1n) is 12.7. The molecule has 5 rings (SSSR count). The van der Waals surface area contributed by atoms with Gasteiger partial charge in [0.1, 0.15) is 34.3 Å². The molecule has 0 atom stereocenters. The fraction of sp³-hybridized carbons (Fsp3) is 0.161. The lowest BCUT2D eigenvalue weighted by Crippen LogP contribution is -2.21. The Hall–Kier alpha value is -4.27. The van der Waals surface area contributed by atoms with Gasteiger partial charge in [0.05, 0.1) is 11.3 Å². The predicted octanol–water partition coefficient (Wildman–Crippen LogP) is 5.75. The lowest BCUT2D eigenvalue weighted by molar-refractivity contribution is 0.306. The van der Waals surface area contributed by atoms with Crippen LogP contribution in [0.4, 0.5) is 11.5 Å². The number of anilines is 2. The molecule has 0 aliphatic heterocycles. The number of fused-ring (bicyclic) bond motifs is 1. The monoisotopic (exact) mass is 538 g/mol. The van der Waals surface area contributed by atoms with Crippen molar-refractivity contribution in [2.24, 2.45) is 0 Å². The summed E-state index contributed by atoms with van der Waals surface area (Å²) in [5.74, 6) is 1.66. The Balaban J connectivity index is 1.26. The van der Waals surface area contributed by atoms with E-state index in [0.29, 0.717) is 19.7 Å². The van der Waals surface area contributed by atoms with Gasteiger partial charge in [0, 0.05) is 30.4 Å². The van der Waals surface area contributed by atoms with E-state index in [1.807, 2.05) is 60.7 Å². The molecule has 0 saturated heterocycles. The number of rotatable bonds is 11. The third-order valence-corrected chi connectivity index (χ3v) is 7.21. The van der Waals surface area contributed by atoms with E-state index in [4.69, 9.17) is 4.74 Å². The molecule has 4 aromatic carbocycles. The van der Waals surface area contributed by atoms with Crippen LogP contribution in [0.5, 0.6) is 5.75 Å². The van der Waals surface area contributed by atoms with Gasteiger partial charge in [0.2, 0.25) is 0 Å². The van der Waals surface area contributed by atoms with E-state index in [1.54, 1.807) is 6.33 Å². The molecule has 0 bridgehead atoms. The van der Waals surface area contributed by atoms with Gasteiger partial charge < -0.3 is 15.4 Å². The van der Waals surface area contributed by atoms with E-state index in [9.17, 15) is 8.42 Å². The van der Waals surface area contributed by atoms with Crippen molar-refractivity contribution < 1.29 is 13.2 Å². The predicted molar refractivity (Wildman–Crippen MR) is 157 cm³/mol. The minimum Gasteiger partial charge on any atom is -0.489 e. The van der Waals surface area contributed by atoms with Crippen LogP contribution in [0.2, 0.25) is 0 Å². The van der Waals surface area contributed by atoms with Crippen LogP contribution in [-0.4, -0.2) is 36.9 Å². The minimum atomic E-state index is -2.96. The summed E-state index contributed by atoms with van der Waals surface area (Å²) in [4.78, 5) is 8.94. The van der Waals surface area contributed by atoms with Crippen molar-refractivity contribution in [2.75, 3.05) is 23.9 Å². The van der Waals surface area contributed by atoms with Gasteiger partial charge in [-0.1, -0.05) is 60.7 Å². The second kappa shape index (κ2) is 12.1. The fourth-order valence-corrected chi connectivity index (χ4v) is 4.67. The highest BCUT2D eigenvalue weighted by atomic mass is 32.2. The molecule has 0 radical (unpaired) electrons. The van der Waals surface area contributed by atoms with Gasteiger partial charge in [0.15, 0.2) is 0 Å². The van der Waals surface area contributed by atoms with Crippen LogP contribution in [0.15, 0.2) is 103 Å². The van der Waals surface area contributed by atoms with Gasteiger partial charge in [0.25, 0.3) is 0 Å². The normalized spacial score (nSPS) is 11.4. The number of nitrogens with one attached hydrogen (secondary N) is 2. The summed E-state index contributed by atoms with van der Waals surface area (Å²) in [6.07, 6.45) is 2.81. The number of benzene rings is 4. The first-order valence-corrected chi connectivity index (χ1v) is 14.8. The van der Waals surface area contributed by atoms with Crippen molar-refractivity contribution >= 4 is 32.2 Å². The number of hydrogen-bond donors (Lipinski definition) is 2. The minimum absolute atomic E-state index is 0.132. The molecule has 0 unspecified atom stereocenters. The molecule has 1 heterocycles. The summed E-state index contributed by atoms with van der Waals surface area (Å²) in [6, 6.07) is 32.3. The highest BCUT2D eigenvalue weighted by Crippen LogP contribution is 2.29. The van der Waals surface area contributed by atoms with Gasteiger partial charge in [-0.2, -0.15) is 0 Å². The second-order valence-electron chi connectivity index (χ2n) is 9.38. The summed E-state index contributed by atoms with van der Waals surface area (Å²) >= 11 is 0. The van der Waals surface area contributed by atoms with Crippen LogP contribution in [0.1, 0.15) is 11.1 Å². The molecule has 39 heavy (non-hydrogen) atoms. The van der Waals surface area contributed by atoms with E-state index in [-0.39, 0.29) is 5.75 Å². The zero-order valence-corrected chi connectivity index (χ0v) is 22.5. The molecule has 0 fully saturated rings. The molecule has 7 nitrogen and oxygen atoms in total. The lowest BCUT2D eigenvalue weighted by Gasteiger charge is -2.11. The van der Waals surface area contributed by atoms with Crippen molar-refractivity contribution in [1.82, 2.24) is 15.3 Å². The molecule has 1 aromatic heterocycles. The smallest absolute Gasteiger partial charge is 0.148 e. The SMILES string of the molecule is CS(=O)(=O)CCNCc1ccc(-c2ccc3ncnc(Nc4ccc(OCc5ccccc5)cc4)c3c2)cc1. The number of aromatic nitrogens is 2. The average Bonchev–Trinajstić information content (AvgIpc) is 2.95. The second-order valence-corrected chi connectivity index (χ2v) is 11.6. The lowest BCUT2D eigenvalue weighted by atomic mass is 10.0. The van der Waals surface area contributed by atoms with E-state index < -0.39 is 9.84 Å². The highest BCUT2D eigenvalue weighted by Gasteiger charge is 2.08. The number of nitrogens with zero attached hydrogens (tertiary/aromatic N) is 2. The third-order valence-electron chi connectivity index (χ3n) is 6.27. The van der Waals surface area contributed by atoms with E-state index in [2.05, 4.69) is 57.0 Å². The largest absolute Gasteiger partial charge is 0.489 e. The number of ether oxygens (including phenoxy) is 1.